The van der Waals surface area contributed by atoms with Crippen molar-refractivity contribution in [3.05, 3.63) is 48.0 Å². The van der Waals surface area contributed by atoms with Crippen molar-refractivity contribution in [1.29, 1.82) is 0 Å². The third-order valence-corrected chi connectivity index (χ3v) is 9.29. The average molecular weight is 546 g/mol. The van der Waals surface area contributed by atoms with Gasteiger partial charge in [-0.15, -0.1) is 0 Å². The third kappa shape index (κ3) is 6.73. The molecule has 0 bridgehead atoms. The number of piperidine rings is 1. The van der Waals surface area contributed by atoms with Crippen LogP contribution in [0, 0.1) is 5.92 Å². The Balaban J connectivity index is 1.63. The van der Waals surface area contributed by atoms with Gasteiger partial charge in [-0.3, -0.25) is 4.79 Å². The molecule has 0 aliphatic carbocycles. The minimum atomic E-state index is -3.58. The lowest BCUT2D eigenvalue weighted by molar-refractivity contribution is -0.131. The lowest BCUT2D eigenvalue weighted by atomic mass is 10.0. The molecule has 0 N–H and O–H groups in total. The molecule has 0 unspecified atom stereocenters. The molecule has 8 nitrogen and oxygen atoms in total. The summed E-state index contributed by atoms with van der Waals surface area (Å²) in [7, 11) is -3.58. The Bertz CT molecular complexity index is 1340. The van der Waals surface area contributed by atoms with Crippen molar-refractivity contribution in [3.8, 4) is 5.75 Å². The van der Waals surface area contributed by atoms with Crippen LogP contribution in [0.4, 0.5) is 0 Å². The predicted octanol–water partition coefficient (Wildman–Crippen LogP) is 5.10. The van der Waals surface area contributed by atoms with E-state index in [1.807, 2.05) is 31.2 Å². The number of hydrogen-bond donors (Lipinski definition) is 0. The highest BCUT2D eigenvalue weighted by molar-refractivity contribution is 7.98. The van der Waals surface area contributed by atoms with Gasteiger partial charge in [0.2, 0.25) is 10.0 Å². The number of para-hydroxylation sites is 1. The molecule has 4 rings (SSSR count). The van der Waals surface area contributed by atoms with Crippen LogP contribution in [0.2, 0.25) is 0 Å². The summed E-state index contributed by atoms with van der Waals surface area (Å²) in [6, 6.07) is 12.7. The van der Waals surface area contributed by atoms with Gasteiger partial charge in [0.15, 0.2) is 5.16 Å². The van der Waals surface area contributed by atoms with E-state index in [-0.39, 0.29) is 10.9 Å². The number of ether oxygens (including phenoxy) is 2. The van der Waals surface area contributed by atoms with Crippen LogP contribution in [0.3, 0.4) is 0 Å². The zero-order valence-corrected chi connectivity index (χ0v) is 23.3. The Hall–Kier alpha value is -2.40. The smallest absolute Gasteiger partial charge is 0.308 e. The number of sulfonamides is 1. The van der Waals surface area contributed by atoms with Crippen LogP contribution in [0.25, 0.3) is 11.0 Å². The molecule has 2 aromatic carbocycles. The molecule has 1 aromatic heterocycles. The van der Waals surface area contributed by atoms with E-state index < -0.39 is 10.0 Å². The second-order valence-corrected chi connectivity index (χ2v) is 12.2. The standard InChI is InChI=1S/C27H35N3O5S2/c1-4-34-16-8-15-30-25-13-12-23(37(32,33)29-14-7-9-20(2)18-29)17-24(25)28-27(30)36-19-22-10-5-6-11-26(22)35-21(3)31/h5-6,10-13,17,20H,4,7-9,14-16,18-19H2,1-3H3/t20-/m1/s1. The van der Waals surface area contributed by atoms with Gasteiger partial charge in [0.05, 0.1) is 15.9 Å². The maximum atomic E-state index is 13.4. The normalized spacial score (nSPS) is 16.8. The summed E-state index contributed by atoms with van der Waals surface area (Å²) in [6.07, 6.45) is 2.74. The first-order chi connectivity index (χ1) is 17.8. The number of fused-ring (bicyclic) bond motifs is 1. The molecule has 0 spiro atoms. The molecular formula is C27H35N3O5S2. The number of carbonyl (C=O) groups excluding carboxylic acids is 1. The van der Waals surface area contributed by atoms with Gasteiger partial charge in [-0.05, 0) is 56.4 Å². The van der Waals surface area contributed by atoms with Gasteiger partial charge in [-0.25, -0.2) is 13.4 Å². The van der Waals surface area contributed by atoms with E-state index in [2.05, 4.69) is 11.5 Å². The van der Waals surface area contributed by atoms with Gasteiger partial charge in [-0.2, -0.15) is 4.31 Å². The first kappa shape index (κ1) is 27.6. The van der Waals surface area contributed by atoms with Crippen molar-refractivity contribution < 1.29 is 22.7 Å². The van der Waals surface area contributed by atoms with Gasteiger partial charge < -0.3 is 14.0 Å². The van der Waals surface area contributed by atoms with Crippen LogP contribution in [0.5, 0.6) is 5.75 Å². The molecule has 0 saturated carbocycles. The van der Waals surface area contributed by atoms with Crippen molar-refractivity contribution in [3.63, 3.8) is 0 Å². The molecule has 1 aliphatic heterocycles. The molecular weight excluding hydrogens is 510 g/mol. The van der Waals surface area contributed by atoms with Crippen LogP contribution in [0.1, 0.15) is 45.6 Å². The van der Waals surface area contributed by atoms with Gasteiger partial charge >= 0.3 is 5.97 Å². The molecule has 1 atom stereocenters. The summed E-state index contributed by atoms with van der Waals surface area (Å²) >= 11 is 1.53. The van der Waals surface area contributed by atoms with Crippen LogP contribution in [-0.4, -0.2) is 54.5 Å². The lowest BCUT2D eigenvalue weighted by Gasteiger charge is -2.30. The zero-order chi connectivity index (χ0) is 26.4. The number of aryl methyl sites for hydroxylation is 1. The molecule has 2 heterocycles. The second kappa shape index (κ2) is 12.4. The molecule has 1 aliphatic rings. The van der Waals surface area contributed by atoms with Crippen LogP contribution in [-0.2, 0) is 31.9 Å². The number of rotatable bonds is 11. The summed E-state index contributed by atoms with van der Waals surface area (Å²) in [5, 5.41) is 0.783. The van der Waals surface area contributed by atoms with Gasteiger partial charge in [-0.1, -0.05) is 36.9 Å². The molecule has 37 heavy (non-hydrogen) atoms. The largest absolute Gasteiger partial charge is 0.426 e. The van der Waals surface area contributed by atoms with Crippen molar-refractivity contribution >= 4 is 38.8 Å². The van der Waals surface area contributed by atoms with E-state index in [1.165, 1.54) is 18.7 Å². The fraction of sp³-hybridized carbons (Fsp3) is 0.481. The SMILES string of the molecule is CCOCCCn1c(SCc2ccccc2OC(C)=O)nc2cc(S(=O)(=O)N3CCC[C@@H](C)C3)ccc21. The Morgan fingerprint density at radius 2 is 2.03 bits per heavy atom. The van der Waals surface area contributed by atoms with Crippen molar-refractivity contribution in [1.82, 2.24) is 13.9 Å². The number of aromatic nitrogens is 2. The monoisotopic (exact) mass is 545 g/mol. The number of carbonyl (C=O) groups is 1. The third-order valence-electron chi connectivity index (χ3n) is 6.40. The summed E-state index contributed by atoms with van der Waals surface area (Å²) < 4.78 is 41.4. The number of hydrogen-bond acceptors (Lipinski definition) is 7. The minimum absolute atomic E-state index is 0.282. The number of imidazole rings is 1. The quantitative estimate of drug-likeness (QED) is 0.143. The Morgan fingerprint density at radius 3 is 2.78 bits per heavy atom. The molecule has 10 heteroatoms. The maximum Gasteiger partial charge on any atom is 0.308 e. The highest BCUT2D eigenvalue weighted by Crippen LogP contribution is 2.32. The van der Waals surface area contributed by atoms with E-state index in [0.29, 0.717) is 55.8 Å². The van der Waals surface area contributed by atoms with Crippen molar-refractivity contribution in [2.45, 2.75) is 62.4 Å². The predicted molar refractivity (Wildman–Crippen MR) is 145 cm³/mol. The van der Waals surface area contributed by atoms with Gasteiger partial charge in [0.1, 0.15) is 5.75 Å². The first-order valence-electron chi connectivity index (χ1n) is 12.8. The molecule has 0 amide bonds. The number of nitrogens with zero attached hydrogens (tertiary/aromatic N) is 3. The summed E-state index contributed by atoms with van der Waals surface area (Å²) in [5.41, 5.74) is 2.43. The lowest BCUT2D eigenvalue weighted by Crippen LogP contribution is -2.39. The van der Waals surface area contributed by atoms with E-state index in [4.69, 9.17) is 14.5 Å². The van der Waals surface area contributed by atoms with Gasteiger partial charge in [0, 0.05) is 51.1 Å². The molecule has 0 radical (unpaired) electrons. The zero-order valence-electron chi connectivity index (χ0n) is 21.7. The number of thioether (sulfide) groups is 1. The summed E-state index contributed by atoms with van der Waals surface area (Å²) in [4.78, 5) is 16.6. The van der Waals surface area contributed by atoms with E-state index in [1.54, 1.807) is 22.5 Å². The van der Waals surface area contributed by atoms with Crippen molar-refractivity contribution in [2.24, 2.45) is 5.92 Å². The fourth-order valence-corrected chi connectivity index (χ4v) is 7.23. The topological polar surface area (TPSA) is 90.7 Å². The maximum absolute atomic E-state index is 13.4. The average Bonchev–Trinajstić information content (AvgIpc) is 3.22. The highest BCUT2D eigenvalue weighted by Gasteiger charge is 2.29. The molecule has 1 fully saturated rings. The highest BCUT2D eigenvalue weighted by atomic mass is 32.2. The molecule has 1 saturated heterocycles. The van der Waals surface area contributed by atoms with Crippen molar-refractivity contribution in [2.75, 3.05) is 26.3 Å². The first-order valence-corrected chi connectivity index (χ1v) is 15.2. The molecule has 200 valence electrons. The van der Waals surface area contributed by atoms with Crippen LogP contribution < -0.4 is 4.74 Å². The van der Waals surface area contributed by atoms with Crippen LogP contribution >= 0.6 is 11.8 Å². The number of esters is 1. The van der Waals surface area contributed by atoms with Crippen LogP contribution in [0.15, 0.2) is 52.5 Å². The fourth-order valence-electron chi connectivity index (χ4n) is 4.58. The van der Waals surface area contributed by atoms with E-state index >= 15 is 0 Å². The Morgan fingerprint density at radius 1 is 1.22 bits per heavy atom. The summed E-state index contributed by atoms with van der Waals surface area (Å²) in [5.74, 6) is 1.08. The van der Waals surface area contributed by atoms with Gasteiger partial charge in [0.25, 0.3) is 0 Å². The number of benzene rings is 2. The Kier molecular flexibility index (Phi) is 9.28. The summed E-state index contributed by atoms with van der Waals surface area (Å²) in [6.45, 7) is 8.55. The van der Waals surface area contributed by atoms with E-state index in [0.717, 1.165) is 35.5 Å². The second-order valence-electron chi connectivity index (χ2n) is 9.35. The van der Waals surface area contributed by atoms with E-state index in [9.17, 15) is 13.2 Å². The Labute approximate surface area is 223 Å². The minimum Gasteiger partial charge on any atom is -0.426 e. The molecule has 3 aromatic rings.